The van der Waals surface area contributed by atoms with Gasteiger partial charge in [0.25, 0.3) is 10.0 Å². The molecule has 4 aliphatic rings. The predicted octanol–water partition coefficient (Wildman–Crippen LogP) is 8.33. The van der Waals surface area contributed by atoms with Gasteiger partial charge in [-0.3, -0.25) is 0 Å². The van der Waals surface area contributed by atoms with E-state index in [0.29, 0.717) is 23.7 Å². The van der Waals surface area contributed by atoms with Gasteiger partial charge in [-0.25, -0.2) is 17.9 Å². The fourth-order valence-electron chi connectivity index (χ4n) is 11.4. The van der Waals surface area contributed by atoms with Gasteiger partial charge in [-0.15, -0.1) is 0 Å². The van der Waals surface area contributed by atoms with Crippen molar-refractivity contribution in [3.05, 3.63) is 54.1 Å². The van der Waals surface area contributed by atoms with Gasteiger partial charge in [0, 0.05) is 0 Å². The van der Waals surface area contributed by atoms with Crippen LogP contribution in [0.3, 0.4) is 0 Å². The molecule has 4 aliphatic carbocycles. The topological polar surface area (TPSA) is 113 Å². The summed E-state index contributed by atoms with van der Waals surface area (Å²) in [6, 6.07) is 14.8. The van der Waals surface area contributed by atoms with Crippen molar-refractivity contribution < 1.29 is 28.2 Å². The molecule has 6 unspecified atom stereocenters. The highest BCUT2D eigenvalue weighted by atomic mass is 32.2. The van der Waals surface area contributed by atoms with Crippen LogP contribution in [0.15, 0.2) is 53.4 Å². The number of aliphatic hydroxyl groups excluding tert-OH is 2. The average Bonchev–Trinajstić information content (AvgIpc) is 3.41. The number of fused-ring (bicyclic) bond motifs is 5. The molecule has 0 bridgehead atoms. The molecule has 4 fully saturated rings. The standard InChI is InChI=1S/C41H59NO6S/c1-8-31-35-23-29(43)19-21-41(35,7)34-20-22-40(6)32(17-18-33(40)36(34)37(31)44)25(2)24-48-38(45)42-49(46,47)30-15-11-27(12-16-30)26-9-13-28(14-10-26)39(3,4)5/h9-16,25,29,31-37,43-44H,8,17-24H2,1-7H3,(H,42,45)/t25-,29-,31-,32?,33?,34?,35?,36+,37-,40?,41?/m1/s1. The molecule has 2 aromatic rings. The minimum atomic E-state index is -4.10. The number of nitrogens with one attached hydrogen (secondary N) is 1. The van der Waals surface area contributed by atoms with E-state index in [1.54, 1.807) is 12.1 Å². The van der Waals surface area contributed by atoms with Crippen LogP contribution in [-0.2, 0) is 20.2 Å². The van der Waals surface area contributed by atoms with Crippen LogP contribution in [0.1, 0.15) is 105 Å². The lowest BCUT2D eigenvalue weighted by Gasteiger charge is -2.64. The van der Waals surface area contributed by atoms with Gasteiger partial charge in [0.1, 0.15) is 0 Å². The number of hydrogen-bond donors (Lipinski definition) is 3. The van der Waals surface area contributed by atoms with E-state index < -0.39 is 16.1 Å². The van der Waals surface area contributed by atoms with E-state index in [-0.39, 0.29) is 57.7 Å². The van der Waals surface area contributed by atoms with Gasteiger partial charge in [0.05, 0.1) is 23.7 Å². The smallest absolute Gasteiger partial charge is 0.421 e. The van der Waals surface area contributed by atoms with Crippen molar-refractivity contribution in [2.24, 2.45) is 52.3 Å². The minimum Gasteiger partial charge on any atom is -0.449 e. The second-order valence-corrected chi connectivity index (χ2v) is 19.3. The molecule has 2 aromatic carbocycles. The maximum Gasteiger partial charge on any atom is 0.421 e. The van der Waals surface area contributed by atoms with Gasteiger partial charge in [-0.2, -0.15) is 0 Å². The first-order valence-electron chi connectivity index (χ1n) is 18.8. The number of carbonyl (C=O) groups excluding carboxylic acids is 1. The van der Waals surface area contributed by atoms with Crippen molar-refractivity contribution in [2.75, 3.05) is 6.61 Å². The number of carbonyl (C=O) groups is 1. The summed E-state index contributed by atoms with van der Waals surface area (Å²) in [5.41, 5.74) is 3.34. The molecule has 0 heterocycles. The van der Waals surface area contributed by atoms with Crippen molar-refractivity contribution >= 4 is 16.1 Å². The Balaban J connectivity index is 1.07. The largest absolute Gasteiger partial charge is 0.449 e. The average molecular weight is 694 g/mol. The second kappa shape index (κ2) is 13.3. The highest BCUT2D eigenvalue weighted by molar-refractivity contribution is 7.90. The Hall–Kier alpha value is -2.42. The van der Waals surface area contributed by atoms with Crippen LogP contribution in [0.2, 0.25) is 0 Å². The van der Waals surface area contributed by atoms with Gasteiger partial charge < -0.3 is 14.9 Å². The Kier molecular flexibility index (Phi) is 9.86. The van der Waals surface area contributed by atoms with E-state index >= 15 is 0 Å². The number of aliphatic hydroxyl groups is 2. The number of ether oxygens (including phenoxy) is 1. The molecule has 4 saturated carbocycles. The normalized spacial score (nSPS) is 36.6. The number of rotatable bonds is 7. The molecule has 3 N–H and O–H groups in total. The minimum absolute atomic E-state index is 0.00954. The van der Waals surface area contributed by atoms with E-state index in [9.17, 15) is 23.4 Å². The van der Waals surface area contributed by atoms with Crippen LogP contribution in [0.4, 0.5) is 4.79 Å². The molecule has 11 atom stereocenters. The molecule has 8 heteroatoms. The van der Waals surface area contributed by atoms with E-state index in [0.717, 1.165) is 62.5 Å². The van der Waals surface area contributed by atoms with Crippen LogP contribution in [0.25, 0.3) is 11.1 Å². The number of sulfonamides is 1. The summed E-state index contributed by atoms with van der Waals surface area (Å²) in [4.78, 5) is 12.9. The van der Waals surface area contributed by atoms with Gasteiger partial charge in [0.2, 0.25) is 0 Å². The summed E-state index contributed by atoms with van der Waals surface area (Å²) in [7, 11) is -4.10. The lowest BCUT2D eigenvalue weighted by Crippen LogP contribution is -2.62. The van der Waals surface area contributed by atoms with Crippen LogP contribution >= 0.6 is 0 Å². The van der Waals surface area contributed by atoms with E-state index in [1.165, 1.54) is 17.7 Å². The SMILES string of the molecule is CC[C@@H]1C2C[C@H](O)CCC2(C)C2CCC3(C)C(CCC3[C@H](C)COC(=O)NS(=O)(=O)c3ccc(-c4ccc(C(C)(C)C)cc4)cc3)[C@@H]2[C@@H]1O. The van der Waals surface area contributed by atoms with E-state index in [4.69, 9.17) is 4.74 Å². The summed E-state index contributed by atoms with van der Waals surface area (Å²) in [5, 5.41) is 22.5. The van der Waals surface area contributed by atoms with Gasteiger partial charge in [-0.05, 0) is 131 Å². The Morgan fingerprint density at radius 3 is 2.10 bits per heavy atom. The van der Waals surface area contributed by atoms with E-state index in [1.807, 2.05) is 12.1 Å². The summed E-state index contributed by atoms with van der Waals surface area (Å²) in [6.07, 6.45) is 6.31. The first kappa shape index (κ1) is 36.4. The Labute approximate surface area is 294 Å². The van der Waals surface area contributed by atoms with Crippen molar-refractivity contribution in [1.29, 1.82) is 0 Å². The summed E-state index contributed by atoms with van der Waals surface area (Å²) in [6.45, 7) is 15.8. The molecule has 270 valence electrons. The molecule has 0 aliphatic heterocycles. The molecule has 0 saturated heterocycles. The molecule has 49 heavy (non-hydrogen) atoms. The van der Waals surface area contributed by atoms with Crippen LogP contribution < -0.4 is 4.72 Å². The van der Waals surface area contributed by atoms with Crippen LogP contribution in [-0.4, -0.2) is 43.5 Å². The Morgan fingerprint density at radius 1 is 0.898 bits per heavy atom. The van der Waals surface area contributed by atoms with Crippen LogP contribution in [0.5, 0.6) is 0 Å². The quantitative estimate of drug-likeness (QED) is 0.269. The highest BCUT2D eigenvalue weighted by Gasteiger charge is 2.65. The first-order chi connectivity index (χ1) is 23.0. The number of hydrogen-bond acceptors (Lipinski definition) is 6. The zero-order valence-corrected chi connectivity index (χ0v) is 31.4. The summed E-state index contributed by atoms with van der Waals surface area (Å²) in [5.74, 6) is 2.07. The fourth-order valence-corrected chi connectivity index (χ4v) is 12.3. The molecule has 1 amide bonds. The number of benzene rings is 2. The third kappa shape index (κ3) is 6.59. The molecule has 0 spiro atoms. The zero-order chi connectivity index (χ0) is 35.5. The predicted molar refractivity (Wildman–Crippen MR) is 193 cm³/mol. The fraction of sp³-hybridized carbons (Fsp3) is 0.683. The lowest BCUT2D eigenvalue weighted by atomic mass is 9.41. The van der Waals surface area contributed by atoms with Crippen molar-refractivity contribution in [3.8, 4) is 11.1 Å². The van der Waals surface area contributed by atoms with Gasteiger partial charge >= 0.3 is 6.09 Å². The molecular weight excluding hydrogens is 635 g/mol. The van der Waals surface area contributed by atoms with Crippen molar-refractivity contribution in [1.82, 2.24) is 4.72 Å². The maximum atomic E-state index is 13.1. The highest BCUT2D eigenvalue weighted by Crippen LogP contribution is 2.69. The molecule has 6 rings (SSSR count). The molecule has 0 aromatic heterocycles. The second-order valence-electron chi connectivity index (χ2n) is 17.7. The molecular formula is C41H59NO6S. The van der Waals surface area contributed by atoms with Crippen LogP contribution in [0, 0.1) is 52.3 Å². The van der Waals surface area contributed by atoms with Gasteiger partial charge in [0.15, 0.2) is 0 Å². The third-order valence-corrected chi connectivity index (χ3v) is 15.4. The third-order valence-electron chi connectivity index (χ3n) is 14.1. The molecule has 7 nitrogen and oxygen atoms in total. The van der Waals surface area contributed by atoms with Gasteiger partial charge in [-0.1, -0.05) is 91.3 Å². The van der Waals surface area contributed by atoms with E-state index in [2.05, 4.69) is 65.3 Å². The first-order valence-corrected chi connectivity index (χ1v) is 20.2. The Morgan fingerprint density at radius 2 is 1.49 bits per heavy atom. The summed E-state index contributed by atoms with van der Waals surface area (Å²) < 4.78 is 33.9. The van der Waals surface area contributed by atoms with Crippen molar-refractivity contribution in [3.63, 3.8) is 0 Å². The molecule has 0 radical (unpaired) electrons. The lowest BCUT2D eigenvalue weighted by molar-refractivity contribution is -0.203. The number of amides is 1. The van der Waals surface area contributed by atoms with Crippen molar-refractivity contribution in [2.45, 2.75) is 122 Å². The monoisotopic (exact) mass is 693 g/mol. The maximum absolute atomic E-state index is 13.1. The summed E-state index contributed by atoms with van der Waals surface area (Å²) >= 11 is 0. The Bertz CT molecular complexity index is 1600. The zero-order valence-electron chi connectivity index (χ0n) is 30.6.